The Bertz CT molecular complexity index is 377. The van der Waals surface area contributed by atoms with Crippen molar-refractivity contribution in [2.45, 2.75) is 24.6 Å². The minimum Gasteiger partial charge on any atom is -0.492 e. The predicted molar refractivity (Wildman–Crippen MR) is 70.8 cm³/mol. The van der Waals surface area contributed by atoms with Crippen LogP contribution >= 0.6 is 15.9 Å². The highest BCUT2D eigenvalue weighted by Crippen LogP contribution is 2.26. The molecule has 1 atom stereocenters. The van der Waals surface area contributed by atoms with E-state index in [9.17, 15) is 4.79 Å². The molecule has 1 rings (SSSR count). The second kappa shape index (κ2) is 6.64. The summed E-state index contributed by atoms with van der Waals surface area (Å²) in [5.41, 5.74) is 1.14. The molecule has 0 N–H and O–H groups in total. The molecule has 0 aliphatic carbocycles. The Kier molecular flexibility index (Phi) is 5.48. The number of methoxy groups -OCH3 is 1. The van der Waals surface area contributed by atoms with Gasteiger partial charge in [0.05, 0.1) is 7.11 Å². The topological polar surface area (TPSA) is 35.5 Å². The van der Waals surface area contributed by atoms with E-state index in [2.05, 4.69) is 34.5 Å². The number of ether oxygens (including phenoxy) is 2. The number of alkyl halides is 1. The van der Waals surface area contributed by atoms with E-state index in [0.717, 1.165) is 11.3 Å². The number of carbonyl (C=O) groups excluding carboxylic acids is 1. The SMILES string of the molecule is COC(=O)C(Br)COc1ccccc1C(C)C. The molecule has 0 heterocycles. The average Bonchev–Trinajstić information content (AvgIpc) is 2.35. The van der Waals surface area contributed by atoms with Crippen LogP contribution in [0, 0.1) is 0 Å². The lowest BCUT2D eigenvalue weighted by Gasteiger charge is -2.15. The molecule has 0 saturated carbocycles. The molecule has 0 radical (unpaired) electrons. The van der Waals surface area contributed by atoms with Gasteiger partial charge in [0, 0.05) is 0 Å². The third-order valence-corrected chi connectivity index (χ3v) is 3.02. The molecule has 4 heteroatoms. The normalized spacial score (nSPS) is 12.3. The molecule has 94 valence electrons. The molecule has 1 aromatic carbocycles. The molecular weight excluding hydrogens is 284 g/mol. The van der Waals surface area contributed by atoms with Gasteiger partial charge in [-0.1, -0.05) is 48.0 Å². The second-order valence-corrected chi connectivity index (χ2v) is 5.10. The molecule has 0 fully saturated rings. The second-order valence-electron chi connectivity index (χ2n) is 3.99. The van der Waals surface area contributed by atoms with Crippen LogP contribution in [-0.2, 0) is 9.53 Å². The zero-order valence-electron chi connectivity index (χ0n) is 10.3. The Morgan fingerprint density at radius 1 is 1.35 bits per heavy atom. The van der Waals surface area contributed by atoms with Crippen LogP contribution in [0.25, 0.3) is 0 Å². The van der Waals surface area contributed by atoms with Crippen molar-refractivity contribution >= 4 is 21.9 Å². The molecule has 0 saturated heterocycles. The minimum atomic E-state index is -0.437. The average molecular weight is 301 g/mol. The van der Waals surface area contributed by atoms with Gasteiger partial charge in [-0.2, -0.15) is 0 Å². The number of hydrogen-bond donors (Lipinski definition) is 0. The lowest BCUT2D eigenvalue weighted by Crippen LogP contribution is -2.23. The molecule has 1 aromatic rings. The number of para-hydroxylation sites is 1. The van der Waals surface area contributed by atoms with Crippen molar-refractivity contribution in [2.75, 3.05) is 13.7 Å². The summed E-state index contributed by atoms with van der Waals surface area (Å²) >= 11 is 3.22. The van der Waals surface area contributed by atoms with Gasteiger partial charge in [-0.25, -0.2) is 0 Å². The fourth-order valence-electron chi connectivity index (χ4n) is 1.45. The van der Waals surface area contributed by atoms with Gasteiger partial charge in [0.15, 0.2) is 0 Å². The van der Waals surface area contributed by atoms with Crippen LogP contribution in [0.5, 0.6) is 5.75 Å². The third kappa shape index (κ3) is 4.04. The number of esters is 1. The molecule has 0 aliphatic heterocycles. The van der Waals surface area contributed by atoms with Crippen molar-refractivity contribution in [3.8, 4) is 5.75 Å². The van der Waals surface area contributed by atoms with Crippen molar-refractivity contribution in [3.63, 3.8) is 0 Å². The number of halogens is 1. The number of rotatable bonds is 5. The van der Waals surface area contributed by atoms with Crippen LogP contribution in [0.1, 0.15) is 25.3 Å². The first-order valence-electron chi connectivity index (χ1n) is 5.50. The molecule has 0 amide bonds. The highest BCUT2D eigenvalue weighted by molar-refractivity contribution is 9.10. The first-order valence-corrected chi connectivity index (χ1v) is 6.41. The number of benzene rings is 1. The van der Waals surface area contributed by atoms with E-state index in [1.807, 2.05) is 24.3 Å². The Balaban J connectivity index is 2.66. The molecule has 3 nitrogen and oxygen atoms in total. The molecule has 1 unspecified atom stereocenters. The summed E-state index contributed by atoms with van der Waals surface area (Å²) in [6.45, 7) is 4.47. The van der Waals surface area contributed by atoms with E-state index >= 15 is 0 Å². The Labute approximate surface area is 110 Å². The van der Waals surface area contributed by atoms with E-state index in [-0.39, 0.29) is 12.6 Å². The molecule has 17 heavy (non-hydrogen) atoms. The summed E-state index contributed by atoms with van der Waals surface area (Å²) in [6.07, 6.45) is 0. The third-order valence-electron chi connectivity index (χ3n) is 2.38. The lowest BCUT2D eigenvalue weighted by atomic mass is 10.0. The van der Waals surface area contributed by atoms with Gasteiger partial charge in [0.2, 0.25) is 0 Å². The number of hydrogen-bond acceptors (Lipinski definition) is 3. The minimum absolute atomic E-state index is 0.260. The maximum atomic E-state index is 11.2. The van der Waals surface area contributed by atoms with Gasteiger partial charge in [-0.3, -0.25) is 4.79 Å². The predicted octanol–water partition coefficient (Wildman–Crippen LogP) is 3.13. The summed E-state index contributed by atoms with van der Waals surface area (Å²) < 4.78 is 10.2. The molecule has 0 spiro atoms. The van der Waals surface area contributed by atoms with Gasteiger partial charge in [0.25, 0.3) is 0 Å². The summed E-state index contributed by atoms with van der Waals surface area (Å²) in [5, 5.41) is 0. The maximum absolute atomic E-state index is 11.2. The van der Waals surface area contributed by atoms with Crippen LogP contribution in [0.2, 0.25) is 0 Å². The van der Waals surface area contributed by atoms with Crippen molar-refractivity contribution < 1.29 is 14.3 Å². The summed E-state index contributed by atoms with van der Waals surface area (Å²) in [7, 11) is 1.36. The fraction of sp³-hybridized carbons (Fsp3) is 0.462. The monoisotopic (exact) mass is 300 g/mol. The van der Waals surface area contributed by atoms with Crippen molar-refractivity contribution in [3.05, 3.63) is 29.8 Å². The van der Waals surface area contributed by atoms with E-state index in [1.54, 1.807) is 0 Å². The summed E-state index contributed by atoms with van der Waals surface area (Å²) in [4.78, 5) is 10.8. The molecule has 0 aromatic heterocycles. The van der Waals surface area contributed by atoms with Crippen molar-refractivity contribution in [1.82, 2.24) is 0 Å². The van der Waals surface area contributed by atoms with Crippen LogP contribution < -0.4 is 4.74 Å². The van der Waals surface area contributed by atoms with Crippen molar-refractivity contribution in [1.29, 1.82) is 0 Å². The zero-order chi connectivity index (χ0) is 12.8. The van der Waals surface area contributed by atoms with Crippen LogP contribution in [-0.4, -0.2) is 24.5 Å². The highest BCUT2D eigenvalue weighted by atomic mass is 79.9. The summed E-state index contributed by atoms with van der Waals surface area (Å²) in [5.74, 6) is 0.876. The van der Waals surface area contributed by atoms with Crippen LogP contribution in [0.15, 0.2) is 24.3 Å². The first-order chi connectivity index (χ1) is 8.06. The maximum Gasteiger partial charge on any atom is 0.322 e. The molecule has 0 bridgehead atoms. The Hall–Kier alpha value is -1.03. The molecule has 0 aliphatic rings. The van der Waals surface area contributed by atoms with Crippen molar-refractivity contribution in [2.24, 2.45) is 0 Å². The van der Waals surface area contributed by atoms with Gasteiger partial charge >= 0.3 is 5.97 Å². The van der Waals surface area contributed by atoms with Gasteiger partial charge < -0.3 is 9.47 Å². The van der Waals surface area contributed by atoms with Crippen LogP contribution in [0.4, 0.5) is 0 Å². The van der Waals surface area contributed by atoms with Gasteiger partial charge in [-0.15, -0.1) is 0 Å². The Morgan fingerprint density at radius 2 is 2.00 bits per heavy atom. The van der Waals surface area contributed by atoms with Gasteiger partial charge in [0.1, 0.15) is 17.2 Å². The van der Waals surface area contributed by atoms with E-state index in [1.165, 1.54) is 7.11 Å². The van der Waals surface area contributed by atoms with E-state index < -0.39 is 4.83 Å². The summed E-state index contributed by atoms with van der Waals surface area (Å²) in [6, 6.07) is 7.84. The van der Waals surface area contributed by atoms with E-state index in [0.29, 0.717) is 5.92 Å². The quantitative estimate of drug-likeness (QED) is 0.619. The Morgan fingerprint density at radius 3 is 2.59 bits per heavy atom. The molecular formula is C13H17BrO3. The largest absolute Gasteiger partial charge is 0.492 e. The lowest BCUT2D eigenvalue weighted by molar-refractivity contribution is -0.140. The standard InChI is InChI=1S/C13H17BrO3/c1-9(2)10-6-4-5-7-12(10)17-8-11(14)13(15)16-3/h4-7,9,11H,8H2,1-3H3. The van der Waals surface area contributed by atoms with E-state index in [4.69, 9.17) is 4.74 Å². The smallest absolute Gasteiger partial charge is 0.322 e. The number of carbonyl (C=O) groups is 1. The zero-order valence-corrected chi connectivity index (χ0v) is 11.9. The van der Waals surface area contributed by atoms with Crippen LogP contribution in [0.3, 0.4) is 0 Å². The van der Waals surface area contributed by atoms with Gasteiger partial charge in [-0.05, 0) is 17.5 Å². The first kappa shape index (κ1) is 14.0. The highest BCUT2D eigenvalue weighted by Gasteiger charge is 2.17. The fourth-order valence-corrected chi connectivity index (χ4v) is 1.77.